The van der Waals surface area contributed by atoms with E-state index in [1.807, 2.05) is 26.0 Å². The quantitative estimate of drug-likeness (QED) is 0.446. The number of amides is 1. The first-order valence-electron chi connectivity index (χ1n) is 10.8. The van der Waals surface area contributed by atoms with Crippen molar-refractivity contribution in [3.05, 3.63) is 53.6 Å². The van der Waals surface area contributed by atoms with Crippen molar-refractivity contribution in [2.45, 2.75) is 39.8 Å². The van der Waals surface area contributed by atoms with Crippen molar-refractivity contribution in [2.75, 3.05) is 21.3 Å². The molecule has 0 fully saturated rings. The molecule has 0 radical (unpaired) electrons. The smallest absolute Gasteiger partial charge is 0.307 e. The third-order valence-corrected chi connectivity index (χ3v) is 5.16. The summed E-state index contributed by atoms with van der Waals surface area (Å²) in [5.41, 5.74) is 1.55. The van der Waals surface area contributed by atoms with Crippen molar-refractivity contribution in [3.8, 4) is 17.2 Å². The van der Waals surface area contributed by atoms with Crippen molar-refractivity contribution in [2.24, 2.45) is 11.8 Å². The van der Waals surface area contributed by atoms with Gasteiger partial charge in [0.15, 0.2) is 0 Å². The van der Waals surface area contributed by atoms with E-state index in [0.717, 1.165) is 5.56 Å². The second-order valence-corrected chi connectivity index (χ2v) is 8.10. The summed E-state index contributed by atoms with van der Waals surface area (Å²) in [4.78, 5) is 30.7. The van der Waals surface area contributed by atoms with Gasteiger partial charge in [-0.1, -0.05) is 26.0 Å². The topological polar surface area (TPSA) is 94.5 Å². The van der Waals surface area contributed by atoms with Crippen molar-refractivity contribution in [3.63, 3.8) is 0 Å². The number of hydrogen-bond donors (Lipinski definition) is 1. The molecule has 0 saturated heterocycles. The van der Waals surface area contributed by atoms with Crippen molar-refractivity contribution in [1.82, 2.24) is 5.06 Å². The zero-order valence-corrected chi connectivity index (χ0v) is 19.9. The fourth-order valence-corrected chi connectivity index (χ4v) is 3.37. The molecule has 0 bridgehead atoms. The fraction of sp³-hybridized carbons (Fsp3) is 0.440. The second-order valence-electron chi connectivity index (χ2n) is 8.10. The Hall–Kier alpha value is -3.26. The van der Waals surface area contributed by atoms with E-state index in [4.69, 9.17) is 19.0 Å². The summed E-state index contributed by atoms with van der Waals surface area (Å²) in [5.74, 6) is -0.166. The minimum Gasteiger partial charge on any atom is -0.497 e. The van der Waals surface area contributed by atoms with E-state index in [-0.39, 0.29) is 25.5 Å². The predicted octanol–water partition coefficient (Wildman–Crippen LogP) is 4.31. The Balaban J connectivity index is 2.24. The highest BCUT2D eigenvalue weighted by atomic mass is 16.7. The molecule has 8 nitrogen and oxygen atoms in total. The molecule has 0 unspecified atom stereocenters. The van der Waals surface area contributed by atoms with Crippen LogP contribution < -0.4 is 14.2 Å². The molecular weight excluding hydrogens is 426 g/mol. The molecule has 180 valence electrons. The molecule has 0 aliphatic carbocycles. The first-order chi connectivity index (χ1) is 15.8. The molecule has 1 atom stereocenters. The van der Waals surface area contributed by atoms with E-state index in [1.165, 1.54) is 12.2 Å². The summed E-state index contributed by atoms with van der Waals surface area (Å²) in [7, 11) is 4.68. The van der Waals surface area contributed by atoms with E-state index in [2.05, 4.69) is 0 Å². The third-order valence-electron chi connectivity index (χ3n) is 5.16. The molecule has 0 aromatic heterocycles. The highest BCUT2D eigenvalue weighted by molar-refractivity contribution is 5.81. The lowest BCUT2D eigenvalue weighted by Crippen LogP contribution is -2.34. The van der Waals surface area contributed by atoms with Crippen LogP contribution in [0.1, 0.15) is 37.8 Å². The molecule has 0 aliphatic rings. The molecule has 0 spiro atoms. The number of aliphatic carboxylic acids is 1. The van der Waals surface area contributed by atoms with Crippen LogP contribution in [-0.2, 0) is 27.6 Å². The molecular formula is C25H33NO7. The highest BCUT2D eigenvalue weighted by Crippen LogP contribution is 2.27. The Morgan fingerprint density at radius 3 is 2.12 bits per heavy atom. The van der Waals surface area contributed by atoms with Crippen LogP contribution in [0.2, 0.25) is 0 Å². The van der Waals surface area contributed by atoms with Gasteiger partial charge in [0.2, 0.25) is 5.91 Å². The van der Waals surface area contributed by atoms with E-state index < -0.39 is 17.8 Å². The number of carbonyl (C=O) groups excluding carboxylic acids is 1. The minimum absolute atomic E-state index is 0.0934. The van der Waals surface area contributed by atoms with Crippen molar-refractivity contribution < 1.29 is 33.7 Å². The Kier molecular flexibility index (Phi) is 10.00. The van der Waals surface area contributed by atoms with Gasteiger partial charge < -0.3 is 19.3 Å². The van der Waals surface area contributed by atoms with Gasteiger partial charge in [0.1, 0.15) is 23.9 Å². The molecule has 2 aromatic carbocycles. The average Bonchev–Trinajstić information content (AvgIpc) is 2.81. The second kappa shape index (κ2) is 12.7. The number of benzene rings is 2. The van der Waals surface area contributed by atoms with Crippen LogP contribution >= 0.6 is 0 Å². The lowest BCUT2D eigenvalue weighted by Gasteiger charge is -2.25. The molecule has 33 heavy (non-hydrogen) atoms. The van der Waals surface area contributed by atoms with E-state index in [1.54, 1.807) is 44.6 Å². The standard InChI is InChI=1S/C25H33NO7/c1-17(2)12-20(25(28)29)13-24(27)26(33-16-18-6-9-21(30-3)10-7-18)15-19-8-11-22(31-4)14-23(19)32-5/h6-11,14,17,20H,12-13,15-16H2,1-5H3,(H,28,29)/t20-/m1/s1. The number of hydroxylamine groups is 2. The maximum Gasteiger partial charge on any atom is 0.307 e. The summed E-state index contributed by atoms with van der Waals surface area (Å²) >= 11 is 0. The summed E-state index contributed by atoms with van der Waals surface area (Å²) in [6, 6.07) is 12.6. The molecule has 2 aromatic rings. The van der Waals surface area contributed by atoms with Crippen LogP contribution in [-0.4, -0.2) is 43.4 Å². The molecule has 0 aliphatic heterocycles. The average molecular weight is 460 g/mol. The van der Waals surface area contributed by atoms with E-state index in [0.29, 0.717) is 29.2 Å². The lowest BCUT2D eigenvalue weighted by molar-refractivity contribution is -0.197. The maximum atomic E-state index is 13.1. The first kappa shape index (κ1) is 26.0. The number of carbonyl (C=O) groups is 2. The summed E-state index contributed by atoms with van der Waals surface area (Å²) < 4.78 is 15.9. The normalized spacial score (nSPS) is 11.7. The minimum atomic E-state index is -0.991. The lowest BCUT2D eigenvalue weighted by atomic mass is 9.94. The van der Waals surface area contributed by atoms with Gasteiger partial charge in [0.05, 0.1) is 33.8 Å². The summed E-state index contributed by atoms with van der Waals surface area (Å²) in [6.07, 6.45) is 0.244. The Morgan fingerprint density at radius 1 is 0.939 bits per heavy atom. The van der Waals surface area contributed by atoms with Gasteiger partial charge in [-0.3, -0.25) is 14.4 Å². The number of ether oxygens (including phenoxy) is 3. The largest absolute Gasteiger partial charge is 0.497 e. The number of carboxylic acid groups (broad SMARTS) is 1. The highest BCUT2D eigenvalue weighted by Gasteiger charge is 2.27. The van der Waals surface area contributed by atoms with Crippen LogP contribution in [0.3, 0.4) is 0 Å². The monoisotopic (exact) mass is 459 g/mol. The van der Waals surface area contributed by atoms with Gasteiger partial charge in [-0.2, -0.15) is 0 Å². The Bertz CT molecular complexity index is 911. The predicted molar refractivity (Wildman–Crippen MR) is 123 cm³/mol. The SMILES string of the molecule is COc1ccc(CON(Cc2ccc(OC)cc2OC)C(=O)C[C@@H](CC(C)C)C(=O)O)cc1. The molecule has 0 saturated carbocycles. The van der Waals surface area contributed by atoms with Crippen LogP contribution in [0, 0.1) is 11.8 Å². The van der Waals surface area contributed by atoms with Crippen LogP contribution in [0.4, 0.5) is 0 Å². The Morgan fingerprint density at radius 2 is 1.58 bits per heavy atom. The number of carboxylic acids is 1. The van der Waals surface area contributed by atoms with Gasteiger partial charge >= 0.3 is 5.97 Å². The van der Waals surface area contributed by atoms with Crippen LogP contribution in [0.25, 0.3) is 0 Å². The molecule has 0 heterocycles. The molecule has 1 N–H and O–H groups in total. The van der Waals surface area contributed by atoms with Crippen LogP contribution in [0.15, 0.2) is 42.5 Å². The summed E-state index contributed by atoms with van der Waals surface area (Å²) in [6.45, 7) is 4.09. The van der Waals surface area contributed by atoms with E-state index in [9.17, 15) is 14.7 Å². The van der Waals surface area contributed by atoms with Gasteiger partial charge in [-0.05, 0) is 42.2 Å². The van der Waals surface area contributed by atoms with Crippen LogP contribution in [0.5, 0.6) is 17.2 Å². The molecule has 2 rings (SSSR count). The number of hydrogen-bond acceptors (Lipinski definition) is 6. The molecule has 1 amide bonds. The zero-order chi connectivity index (χ0) is 24.4. The number of nitrogens with zero attached hydrogens (tertiary/aromatic N) is 1. The van der Waals surface area contributed by atoms with Crippen molar-refractivity contribution >= 4 is 11.9 Å². The first-order valence-corrected chi connectivity index (χ1v) is 10.8. The van der Waals surface area contributed by atoms with Gasteiger partial charge in [0.25, 0.3) is 0 Å². The zero-order valence-electron chi connectivity index (χ0n) is 19.9. The van der Waals surface area contributed by atoms with E-state index >= 15 is 0 Å². The van der Waals surface area contributed by atoms with Gasteiger partial charge in [0, 0.05) is 18.1 Å². The fourth-order valence-electron chi connectivity index (χ4n) is 3.37. The Labute approximate surface area is 195 Å². The third kappa shape index (κ3) is 7.98. The van der Waals surface area contributed by atoms with Gasteiger partial charge in [-0.25, -0.2) is 5.06 Å². The summed E-state index contributed by atoms with van der Waals surface area (Å²) in [5, 5.41) is 10.8. The van der Waals surface area contributed by atoms with Crippen molar-refractivity contribution in [1.29, 1.82) is 0 Å². The molecule has 8 heteroatoms. The number of methoxy groups -OCH3 is 3. The van der Waals surface area contributed by atoms with Gasteiger partial charge in [-0.15, -0.1) is 0 Å². The maximum absolute atomic E-state index is 13.1. The number of rotatable bonds is 13.